The largest absolute Gasteiger partial charge is 0.478 e. The zero-order valence-electron chi connectivity index (χ0n) is 11.1. The lowest BCUT2D eigenvalue weighted by Gasteiger charge is -2.29. The highest BCUT2D eigenvalue weighted by Gasteiger charge is 2.20. The molecular formula is C15H17NO3. The SMILES string of the molecule is CC(=O)N1CCCc2cc(/C(C)=C/C(=O)O)ccc21. The Morgan fingerprint density at radius 1 is 1.32 bits per heavy atom. The molecule has 0 spiro atoms. The van der Waals surface area contributed by atoms with E-state index in [9.17, 15) is 9.59 Å². The summed E-state index contributed by atoms with van der Waals surface area (Å²) in [7, 11) is 0. The van der Waals surface area contributed by atoms with Crippen LogP contribution in [0.1, 0.15) is 31.4 Å². The zero-order chi connectivity index (χ0) is 14.0. The predicted octanol–water partition coefficient (Wildman–Crippen LogP) is 2.47. The summed E-state index contributed by atoms with van der Waals surface area (Å²) >= 11 is 0. The van der Waals surface area contributed by atoms with E-state index in [1.54, 1.807) is 18.7 Å². The maximum Gasteiger partial charge on any atom is 0.328 e. The highest BCUT2D eigenvalue weighted by molar-refractivity contribution is 5.94. The van der Waals surface area contributed by atoms with Crippen LogP contribution in [0.5, 0.6) is 0 Å². The number of allylic oxidation sites excluding steroid dienone is 1. The summed E-state index contributed by atoms with van der Waals surface area (Å²) in [6.45, 7) is 4.10. The average molecular weight is 259 g/mol. The predicted molar refractivity (Wildman–Crippen MR) is 74.1 cm³/mol. The Hall–Kier alpha value is -2.10. The molecule has 0 fully saturated rings. The van der Waals surface area contributed by atoms with Gasteiger partial charge < -0.3 is 10.0 Å². The van der Waals surface area contributed by atoms with Crippen LogP contribution in [0.2, 0.25) is 0 Å². The number of hydrogen-bond acceptors (Lipinski definition) is 2. The Kier molecular flexibility index (Phi) is 3.69. The lowest BCUT2D eigenvalue weighted by molar-refractivity contribution is -0.131. The van der Waals surface area contributed by atoms with Crippen molar-refractivity contribution >= 4 is 23.1 Å². The lowest BCUT2D eigenvalue weighted by Crippen LogP contribution is -2.33. The fourth-order valence-corrected chi connectivity index (χ4v) is 2.44. The molecule has 19 heavy (non-hydrogen) atoms. The molecule has 1 aliphatic heterocycles. The van der Waals surface area contributed by atoms with Gasteiger partial charge in [-0.25, -0.2) is 4.79 Å². The molecule has 4 nitrogen and oxygen atoms in total. The van der Waals surface area contributed by atoms with Crippen molar-refractivity contribution in [3.63, 3.8) is 0 Å². The molecule has 1 N–H and O–H groups in total. The molecule has 0 bridgehead atoms. The van der Waals surface area contributed by atoms with Crippen molar-refractivity contribution in [1.82, 2.24) is 0 Å². The maximum atomic E-state index is 11.6. The summed E-state index contributed by atoms with van der Waals surface area (Å²) < 4.78 is 0. The monoisotopic (exact) mass is 259 g/mol. The first-order valence-corrected chi connectivity index (χ1v) is 6.31. The van der Waals surface area contributed by atoms with E-state index < -0.39 is 5.97 Å². The molecular weight excluding hydrogens is 242 g/mol. The van der Waals surface area contributed by atoms with E-state index in [0.29, 0.717) is 0 Å². The Bertz CT molecular complexity index is 561. The molecule has 4 heteroatoms. The Morgan fingerprint density at radius 2 is 2.05 bits per heavy atom. The second-order valence-corrected chi connectivity index (χ2v) is 4.78. The summed E-state index contributed by atoms with van der Waals surface area (Å²) in [4.78, 5) is 24.0. The summed E-state index contributed by atoms with van der Waals surface area (Å²) in [5, 5.41) is 8.77. The average Bonchev–Trinajstić information content (AvgIpc) is 2.36. The van der Waals surface area contributed by atoms with Crippen molar-refractivity contribution in [3.05, 3.63) is 35.4 Å². The minimum Gasteiger partial charge on any atom is -0.478 e. The molecule has 1 aromatic carbocycles. The Labute approximate surface area is 112 Å². The van der Waals surface area contributed by atoms with Gasteiger partial charge in [-0.05, 0) is 48.6 Å². The number of carboxylic acid groups (broad SMARTS) is 1. The van der Waals surface area contributed by atoms with E-state index in [1.807, 2.05) is 18.2 Å². The highest BCUT2D eigenvalue weighted by Crippen LogP contribution is 2.30. The van der Waals surface area contributed by atoms with Gasteiger partial charge in [-0.15, -0.1) is 0 Å². The maximum absolute atomic E-state index is 11.6. The number of benzene rings is 1. The summed E-state index contributed by atoms with van der Waals surface area (Å²) in [6.07, 6.45) is 3.07. The number of aliphatic carboxylic acids is 1. The third-order valence-corrected chi connectivity index (χ3v) is 3.37. The molecule has 0 saturated carbocycles. The highest BCUT2D eigenvalue weighted by atomic mass is 16.4. The van der Waals surface area contributed by atoms with Crippen LogP contribution in [0.15, 0.2) is 24.3 Å². The van der Waals surface area contributed by atoms with Gasteiger partial charge in [0.25, 0.3) is 0 Å². The van der Waals surface area contributed by atoms with Crippen molar-refractivity contribution in [3.8, 4) is 0 Å². The van der Waals surface area contributed by atoms with Crippen molar-refractivity contribution in [1.29, 1.82) is 0 Å². The molecule has 0 aromatic heterocycles. The van der Waals surface area contributed by atoms with Gasteiger partial charge in [0.15, 0.2) is 0 Å². The quantitative estimate of drug-likeness (QED) is 0.830. The molecule has 1 aliphatic rings. The van der Waals surface area contributed by atoms with Gasteiger partial charge in [0.2, 0.25) is 5.91 Å². The number of aryl methyl sites for hydroxylation is 1. The van der Waals surface area contributed by atoms with Gasteiger partial charge in [0.1, 0.15) is 0 Å². The molecule has 0 aliphatic carbocycles. The Balaban J connectivity index is 2.39. The summed E-state index contributed by atoms with van der Waals surface area (Å²) in [5.74, 6) is -0.896. The van der Waals surface area contributed by atoms with Gasteiger partial charge >= 0.3 is 5.97 Å². The van der Waals surface area contributed by atoms with Crippen LogP contribution in [-0.2, 0) is 16.0 Å². The molecule has 0 unspecified atom stereocenters. The van der Waals surface area contributed by atoms with Crippen LogP contribution < -0.4 is 4.90 Å². The first-order valence-electron chi connectivity index (χ1n) is 6.31. The number of amides is 1. The summed E-state index contributed by atoms with van der Waals surface area (Å²) in [6, 6.07) is 5.76. The second kappa shape index (κ2) is 5.26. The fourth-order valence-electron chi connectivity index (χ4n) is 2.44. The topological polar surface area (TPSA) is 57.6 Å². The van der Waals surface area contributed by atoms with Crippen LogP contribution in [0.25, 0.3) is 5.57 Å². The number of hydrogen-bond donors (Lipinski definition) is 1. The standard InChI is InChI=1S/C15H17NO3/c1-10(8-15(18)19)12-5-6-14-13(9-12)4-3-7-16(14)11(2)17/h5-6,8-9H,3-4,7H2,1-2H3,(H,18,19)/b10-8+. The molecule has 0 atom stereocenters. The van der Waals surface area contributed by atoms with E-state index in [1.165, 1.54) is 6.08 Å². The minimum atomic E-state index is -0.944. The van der Waals surface area contributed by atoms with E-state index in [2.05, 4.69) is 0 Å². The third kappa shape index (κ3) is 2.84. The second-order valence-electron chi connectivity index (χ2n) is 4.78. The van der Waals surface area contributed by atoms with Gasteiger partial charge in [-0.3, -0.25) is 4.79 Å². The summed E-state index contributed by atoms with van der Waals surface area (Å²) in [5.41, 5.74) is 3.67. The van der Waals surface area contributed by atoms with Crippen LogP contribution in [0, 0.1) is 0 Å². The van der Waals surface area contributed by atoms with Gasteiger partial charge in [-0.1, -0.05) is 6.07 Å². The van der Waals surface area contributed by atoms with E-state index in [4.69, 9.17) is 5.11 Å². The number of carbonyl (C=O) groups is 2. The van der Waals surface area contributed by atoms with E-state index >= 15 is 0 Å². The molecule has 2 rings (SSSR count). The van der Waals surface area contributed by atoms with Crippen molar-refractivity contribution in [2.24, 2.45) is 0 Å². The third-order valence-electron chi connectivity index (χ3n) is 3.37. The number of carbonyl (C=O) groups excluding carboxylic acids is 1. The molecule has 0 radical (unpaired) electrons. The van der Waals surface area contributed by atoms with Gasteiger partial charge in [0, 0.05) is 25.2 Å². The number of fused-ring (bicyclic) bond motifs is 1. The molecule has 0 saturated heterocycles. The normalized spacial score (nSPS) is 15.1. The van der Waals surface area contributed by atoms with E-state index in [0.717, 1.165) is 41.8 Å². The van der Waals surface area contributed by atoms with E-state index in [-0.39, 0.29) is 5.91 Å². The number of nitrogens with zero attached hydrogens (tertiary/aromatic N) is 1. The number of anilines is 1. The number of carboxylic acids is 1. The van der Waals surface area contributed by atoms with Crippen molar-refractivity contribution in [2.75, 3.05) is 11.4 Å². The van der Waals surface area contributed by atoms with Gasteiger partial charge in [0.05, 0.1) is 0 Å². The van der Waals surface area contributed by atoms with Crippen molar-refractivity contribution in [2.45, 2.75) is 26.7 Å². The molecule has 100 valence electrons. The van der Waals surface area contributed by atoms with Crippen LogP contribution >= 0.6 is 0 Å². The first-order chi connectivity index (χ1) is 8.99. The minimum absolute atomic E-state index is 0.0477. The number of rotatable bonds is 2. The van der Waals surface area contributed by atoms with Crippen molar-refractivity contribution < 1.29 is 14.7 Å². The van der Waals surface area contributed by atoms with Crippen LogP contribution in [0.3, 0.4) is 0 Å². The molecule has 1 amide bonds. The fraction of sp³-hybridized carbons (Fsp3) is 0.333. The molecule has 1 heterocycles. The van der Waals surface area contributed by atoms with Crippen LogP contribution in [-0.4, -0.2) is 23.5 Å². The first kappa shape index (κ1) is 13.3. The smallest absolute Gasteiger partial charge is 0.328 e. The Morgan fingerprint density at radius 3 is 2.68 bits per heavy atom. The lowest BCUT2D eigenvalue weighted by atomic mass is 9.96. The van der Waals surface area contributed by atoms with Crippen LogP contribution in [0.4, 0.5) is 5.69 Å². The van der Waals surface area contributed by atoms with Gasteiger partial charge in [-0.2, -0.15) is 0 Å². The zero-order valence-corrected chi connectivity index (χ0v) is 11.1. The molecule has 1 aromatic rings.